The topological polar surface area (TPSA) is 75.3 Å². The first-order chi connectivity index (χ1) is 11.8. The molecule has 5 nitrogen and oxygen atoms in total. The average molecular weight is 356 g/mol. The van der Waals surface area contributed by atoms with Crippen LogP contribution in [0.25, 0.3) is 10.8 Å². The lowest BCUT2D eigenvalue weighted by Gasteiger charge is -2.13. The smallest absolute Gasteiger partial charge is 0.241 e. The summed E-state index contributed by atoms with van der Waals surface area (Å²) < 4.78 is 27.9. The maximum Gasteiger partial charge on any atom is 0.241 e. The monoisotopic (exact) mass is 356 g/mol. The van der Waals surface area contributed by atoms with Crippen LogP contribution in [0, 0.1) is 11.3 Å². The summed E-state index contributed by atoms with van der Waals surface area (Å²) in [7, 11) is -3.53. The van der Waals surface area contributed by atoms with E-state index in [1.807, 2.05) is 25.1 Å². The molecule has 0 atom stereocenters. The Bertz CT molecular complexity index is 1020. The third kappa shape index (κ3) is 2.55. The average Bonchev–Trinajstić information content (AvgIpc) is 3.42. The maximum atomic E-state index is 12.6. The Morgan fingerprint density at radius 2 is 1.76 bits per heavy atom. The second kappa shape index (κ2) is 4.62. The molecule has 2 aromatic carbocycles. The van der Waals surface area contributed by atoms with Gasteiger partial charge in [0.05, 0.1) is 10.3 Å². The number of carbonyl (C=O) groups is 1. The Hall–Kier alpha value is -1.92. The number of benzene rings is 2. The Labute approximate surface area is 146 Å². The number of hydrogen-bond donors (Lipinski definition) is 2. The highest BCUT2D eigenvalue weighted by Gasteiger charge is 2.74. The number of amides is 1. The maximum absolute atomic E-state index is 12.6. The minimum Gasteiger partial charge on any atom is -0.326 e. The summed E-state index contributed by atoms with van der Waals surface area (Å²) >= 11 is 0. The molecule has 0 unspecified atom stereocenters. The normalized spacial score (nSPS) is 28.3. The highest BCUT2D eigenvalue weighted by molar-refractivity contribution is 7.89. The van der Waals surface area contributed by atoms with E-state index in [1.54, 1.807) is 18.2 Å². The molecule has 3 saturated carbocycles. The Kier molecular flexibility index (Phi) is 2.84. The van der Waals surface area contributed by atoms with E-state index in [4.69, 9.17) is 0 Å². The number of hydrogen-bond acceptors (Lipinski definition) is 3. The molecule has 0 aliphatic heterocycles. The van der Waals surface area contributed by atoms with E-state index in [1.165, 1.54) is 0 Å². The molecule has 0 radical (unpaired) electrons. The van der Waals surface area contributed by atoms with Crippen molar-refractivity contribution in [2.24, 2.45) is 11.3 Å². The first-order valence-electron chi connectivity index (χ1n) is 8.69. The fourth-order valence-corrected chi connectivity index (χ4v) is 4.97. The van der Waals surface area contributed by atoms with E-state index >= 15 is 0 Å². The van der Waals surface area contributed by atoms with Crippen LogP contribution in [0.2, 0.25) is 0 Å². The van der Waals surface area contributed by atoms with E-state index < -0.39 is 10.0 Å². The number of rotatable bonds is 5. The minimum atomic E-state index is -3.53. The second-order valence-corrected chi connectivity index (χ2v) is 9.79. The molecule has 3 aliphatic rings. The molecular formula is C19H20N2O3S. The van der Waals surface area contributed by atoms with Gasteiger partial charge in [0.1, 0.15) is 0 Å². The minimum absolute atomic E-state index is 0.0796. The zero-order valence-corrected chi connectivity index (χ0v) is 14.8. The molecule has 2 aromatic rings. The standard InChI is InChI=1S/C19H20N2O3S/c1-18(6-7-18)21-25(23,24)16-5-3-12-2-4-15(8-13(12)9-16)20-17(22)19-10-14(19)11-19/h2-5,8-9,14,21H,6-7,10-11H2,1H3,(H,20,22). The largest absolute Gasteiger partial charge is 0.326 e. The van der Waals surface area contributed by atoms with Crippen LogP contribution in [0.1, 0.15) is 32.6 Å². The molecule has 0 bridgehead atoms. The van der Waals surface area contributed by atoms with Crippen LogP contribution >= 0.6 is 0 Å². The first kappa shape index (κ1) is 15.3. The quantitative estimate of drug-likeness (QED) is 0.865. The molecule has 0 spiro atoms. The fourth-order valence-electron chi connectivity index (χ4n) is 3.47. The number of anilines is 1. The predicted molar refractivity (Wildman–Crippen MR) is 95.7 cm³/mol. The lowest BCUT2D eigenvalue weighted by Crippen LogP contribution is -2.34. The van der Waals surface area contributed by atoms with E-state index in [0.717, 1.165) is 42.1 Å². The van der Waals surface area contributed by atoms with E-state index in [-0.39, 0.29) is 21.8 Å². The fraction of sp³-hybridized carbons (Fsp3) is 0.421. The molecule has 3 aliphatic carbocycles. The zero-order chi connectivity index (χ0) is 17.4. The highest BCUT2D eigenvalue weighted by Crippen LogP contribution is 2.75. The molecule has 25 heavy (non-hydrogen) atoms. The van der Waals surface area contributed by atoms with Crippen molar-refractivity contribution in [3.63, 3.8) is 0 Å². The third-order valence-corrected chi connectivity index (χ3v) is 7.53. The molecule has 1 amide bonds. The van der Waals surface area contributed by atoms with Crippen molar-refractivity contribution in [1.82, 2.24) is 4.72 Å². The summed E-state index contributed by atoms with van der Waals surface area (Å²) in [5.74, 6) is 0.698. The molecule has 0 saturated heterocycles. The molecule has 0 heterocycles. The van der Waals surface area contributed by atoms with Gasteiger partial charge in [-0.2, -0.15) is 0 Å². The van der Waals surface area contributed by atoms with Crippen molar-refractivity contribution in [1.29, 1.82) is 0 Å². The third-order valence-electron chi connectivity index (χ3n) is 5.90. The number of carbonyl (C=O) groups excluding carboxylic acids is 1. The second-order valence-electron chi connectivity index (χ2n) is 8.11. The van der Waals surface area contributed by atoms with Gasteiger partial charge in [-0.3, -0.25) is 4.79 Å². The van der Waals surface area contributed by atoms with Gasteiger partial charge in [-0.25, -0.2) is 13.1 Å². The van der Waals surface area contributed by atoms with Crippen LogP contribution in [-0.4, -0.2) is 19.9 Å². The molecular weight excluding hydrogens is 336 g/mol. The summed E-state index contributed by atoms with van der Waals surface area (Å²) in [4.78, 5) is 12.5. The molecule has 2 N–H and O–H groups in total. The summed E-state index contributed by atoms with van der Waals surface area (Å²) in [6, 6.07) is 10.7. The van der Waals surface area contributed by atoms with Crippen LogP contribution in [0.4, 0.5) is 5.69 Å². The van der Waals surface area contributed by atoms with Crippen molar-refractivity contribution in [2.75, 3.05) is 5.32 Å². The van der Waals surface area contributed by atoms with Crippen LogP contribution in [0.5, 0.6) is 0 Å². The Balaban J connectivity index is 1.44. The number of nitrogens with one attached hydrogen (secondary N) is 2. The summed E-state index contributed by atoms with van der Waals surface area (Å²) in [6.45, 7) is 1.92. The van der Waals surface area contributed by atoms with Crippen LogP contribution < -0.4 is 10.0 Å². The van der Waals surface area contributed by atoms with Crippen molar-refractivity contribution in [2.45, 2.75) is 43.0 Å². The van der Waals surface area contributed by atoms with Gasteiger partial charge in [-0.05, 0) is 73.6 Å². The SMILES string of the molecule is CC1(NS(=O)(=O)c2ccc3ccc(NC(=O)C45CC4C5)cc3c2)CC1. The Morgan fingerprint density at radius 1 is 1.08 bits per heavy atom. The van der Waals surface area contributed by atoms with E-state index in [0.29, 0.717) is 5.92 Å². The van der Waals surface area contributed by atoms with Gasteiger partial charge >= 0.3 is 0 Å². The molecule has 3 fully saturated rings. The van der Waals surface area contributed by atoms with Gasteiger partial charge in [0.15, 0.2) is 0 Å². The van der Waals surface area contributed by atoms with Crippen molar-refractivity contribution in [3.05, 3.63) is 36.4 Å². The zero-order valence-electron chi connectivity index (χ0n) is 14.0. The predicted octanol–water partition coefficient (Wildman–Crippen LogP) is 3.02. The van der Waals surface area contributed by atoms with Gasteiger partial charge in [0, 0.05) is 11.2 Å². The lowest BCUT2D eigenvalue weighted by molar-refractivity contribution is -0.119. The van der Waals surface area contributed by atoms with Crippen molar-refractivity contribution >= 4 is 32.4 Å². The summed E-state index contributed by atoms with van der Waals surface area (Å²) in [5.41, 5.74) is 0.346. The van der Waals surface area contributed by atoms with Crippen LogP contribution in [0.3, 0.4) is 0 Å². The lowest BCUT2D eigenvalue weighted by atomic mass is 10.1. The van der Waals surface area contributed by atoms with Gasteiger partial charge < -0.3 is 5.32 Å². The van der Waals surface area contributed by atoms with Crippen LogP contribution in [-0.2, 0) is 14.8 Å². The van der Waals surface area contributed by atoms with E-state index in [2.05, 4.69) is 10.0 Å². The van der Waals surface area contributed by atoms with Gasteiger partial charge in [-0.15, -0.1) is 0 Å². The van der Waals surface area contributed by atoms with Gasteiger partial charge in [-0.1, -0.05) is 12.1 Å². The van der Waals surface area contributed by atoms with Crippen molar-refractivity contribution in [3.8, 4) is 0 Å². The molecule has 130 valence electrons. The van der Waals surface area contributed by atoms with E-state index in [9.17, 15) is 13.2 Å². The summed E-state index contributed by atoms with van der Waals surface area (Å²) in [6.07, 6.45) is 3.77. The number of sulfonamides is 1. The van der Waals surface area contributed by atoms with Crippen LogP contribution in [0.15, 0.2) is 41.3 Å². The molecule has 5 rings (SSSR count). The highest BCUT2D eigenvalue weighted by atomic mass is 32.2. The molecule has 6 heteroatoms. The molecule has 0 aromatic heterocycles. The number of fused-ring (bicyclic) bond motifs is 2. The summed E-state index contributed by atoms with van der Waals surface area (Å²) in [5, 5.41) is 4.74. The first-order valence-corrected chi connectivity index (χ1v) is 10.2. The van der Waals surface area contributed by atoms with Gasteiger partial charge in [0.25, 0.3) is 0 Å². The van der Waals surface area contributed by atoms with Crippen molar-refractivity contribution < 1.29 is 13.2 Å². The van der Waals surface area contributed by atoms with Gasteiger partial charge in [0.2, 0.25) is 15.9 Å². The Morgan fingerprint density at radius 3 is 2.40 bits per heavy atom.